The van der Waals surface area contributed by atoms with Crippen LogP contribution in [0.5, 0.6) is 11.5 Å². The predicted octanol–water partition coefficient (Wildman–Crippen LogP) is 1.05. The summed E-state index contributed by atoms with van der Waals surface area (Å²) in [6, 6.07) is 18.8. The number of nitrogens with one attached hydrogen (secondary N) is 2. The van der Waals surface area contributed by atoms with Crippen LogP contribution in [0.1, 0.15) is 0 Å². The van der Waals surface area contributed by atoms with Gasteiger partial charge in [0.15, 0.2) is 0 Å². The van der Waals surface area contributed by atoms with Gasteiger partial charge < -0.3 is 30.3 Å². The molecule has 4 N–H and O–H groups in total. The van der Waals surface area contributed by atoms with Crippen molar-refractivity contribution in [3.63, 3.8) is 0 Å². The van der Waals surface area contributed by atoms with Crippen LogP contribution in [-0.2, 0) is 0 Å². The third kappa shape index (κ3) is 8.82. The highest BCUT2D eigenvalue weighted by Crippen LogP contribution is 2.09. The van der Waals surface area contributed by atoms with Gasteiger partial charge in [-0.1, -0.05) is 36.4 Å². The van der Waals surface area contributed by atoms with Gasteiger partial charge in [-0.05, 0) is 24.3 Å². The van der Waals surface area contributed by atoms with Gasteiger partial charge in [-0.15, -0.1) is 0 Å². The fourth-order valence-electron chi connectivity index (χ4n) is 2.25. The van der Waals surface area contributed by atoms with E-state index in [0.29, 0.717) is 26.2 Å². The van der Waals surface area contributed by atoms with Crippen LogP contribution in [-0.4, -0.2) is 61.8 Å². The minimum atomic E-state index is -0.569. The number of benzene rings is 2. The highest BCUT2D eigenvalue weighted by Gasteiger charge is 2.06. The van der Waals surface area contributed by atoms with Crippen LogP contribution in [0.4, 0.5) is 0 Å². The molecule has 0 aromatic heterocycles. The normalized spacial score (nSPS) is 13.2. The Labute approximate surface area is 154 Å². The molecule has 0 saturated heterocycles. The number of hydrogen-bond donors (Lipinski definition) is 4. The molecule has 0 heterocycles. The molecule has 2 unspecified atom stereocenters. The molecule has 2 atom stereocenters. The first-order chi connectivity index (χ1) is 12.7. The SMILES string of the molecule is OC(CNCCNCC(O)COc1ccccc1)COc1ccccc1. The lowest BCUT2D eigenvalue weighted by Crippen LogP contribution is -2.38. The second-order valence-electron chi connectivity index (χ2n) is 5.96. The van der Waals surface area contributed by atoms with Crippen LogP contribution in [0.15, 0.2) is 60.7 Å². The van der Waals surface area contributed by atoms with Gasteiger partial charge in [0.05, 0.1) is 0 Å². The molecule has 0 bridgehead atoms. The molecule has 2 aromatic rings. The van der Waals surface area contributed by atoms with Crippen molar-refractivity contribution in [2.24, 2.45) is 0 Å². The Balaban J connectivity index is 1.43. The van der Waals surface area contributed by atoms with Gasteiger partial charge in [-0.2, -0.15) is 0 Å². The molecule has 0 radical (unpaired) electrons. The number of rotatable bonds is 13. The maximum Gasteiger partial charge on any atom is 0.119 e. The molecule has 6 heteroatoms. The van der Waals surface area contributed by atoms with E-state index in [1.54, 1.807) is 0 Å². The Morgan fingerprint density at radius 3 is 1.42 bits per heavy atom. The molecule has 0 saturated carbocycles. The first-order valence-corrected chi connectivity index (χ1v) is 8.87. The van der Waals surface area contributed by atoms with E-state index in [1.165, 1.54) is 0 Å². The van der Waals surface area contributed by atoms with Gasteiger partial charge in [0.25, 0.3) is 0 Å². The zero-order valence-corrected chi connectivity index (χ0v) is 14.9. The highest BCUT2D eigenvalue weighted by atomic mass is 16.5. The average molecular weight is 360 g/mol. The Kier molecular flexibility index (Phi) is 9.53. The van der Waals surface area contributed by atoms with E-state index in [9.17, 15) is 10.2 Å². The molecule has 26 heavy (non-hydrogen) atoms. The van der Waals surface area contributed by atoms with E-state index in [4.69, 9.17) is 9.47 Å². The molecule has 2 aromatic carbocycles. The molecule has 0 aliphatic rings. The quantitative estimate of drug-likeness (QED) is 0.400. The zero-order chi connectivity index (χ0) is 18.5. The minimum Gasteiger partial charge on any atom is -0.491 e. The van der Waals surface area contributed by atoms with Crippen LogP contribution < -0.4 is 20.1 Å². The molecule has 2 rings (SSSR count). The Morgan fingerprint density at radius 1 is 0.654 bits per heavy atom. The topological polar surface area (TPSA) is 83.0 Å². The summed E-state index contributed by atoms with van der Waals surface area (Å²) < 4.78 is 11.0. The van der Waals surface area contributed by atoms with Gasteiger partial charge in [-0.25, -0.2) is 0 Å². The molecule has 0 fully saturated rings. The predicted molar refractivity (Wildman–Crippen MR) is 102 cm³/mol. The zero-order valence-electron chi connectivity index (χ0n) is 14.9. The van der Waals surface area contributed by atoms with Gasteiger partial charge in [0.2, 0.25) is 0 Å². The molecule has 0 aliphatic heterocycles. The summed E-state index contributed by atoms with van der Waals surface area (Å²) in [5.41, 5.74) is 0. The third-order valence-electron chi connectivity index (χ3n) is 3.61. The number of ether oxygens (including phenoxy) is 2. The Bertz CT molecular complexity index is 529. The van der Waals surface area contributed by atoms with E-state index in [1.807, 2.05) is 60.7 Å². The molecular formula is C20H28N2O4. The number of aliphatic hydroxyl groups excluding tert-OH is 2. The van der Waals surface area contributed by atoms with Crippen molar-refractivity contribution in [2.75, 3.05) is 39.4 Å². The van der Waals surface area contributed by atoms with Crippen molar-refractivity contribution < 1.29 is 19.7 Å². The fourth-order valence-corrected chi connectivity index (χ4v) is 2.25. The van der Waals surface area contributed by atoms with E-state index in [2.05, 4.69) is 10.6 Å². The Morgan fingerprint density at radius 2 is 1.04 bits per heavy atom. The molecular weight excluding hydrogens is 332 g/mol. The molecule has 142 valence electrons. The second kappa shape index (κ2) is 12.3. The van der Waals surface area contributed by atoms with Crippen molar-refractivity contribution in [3.05, 3.63) is 60.7 Å². The van der Waals surface area contributed by atoms with E-state index in [0.717, 1.165) is 11.5 Å². The van der Waals surface area contributed by atoms with E-state index in [-0.39, 0.29) is 13.2 Å². The van der Waals surface area contributed by atoms with Crippen LogP contribution in [0.3, 0.4) is 0 Å². The van der Waals surface area contributed by atoms with Gasteiger partial charge in [0.1, 0.15) is 36.9 Å². The summed E-state index contributed by atoms with van der Waals surface area (Å²) in [5, 5.41) is 26.0. The molecule has 0 amide bonds. The van der Waals surface area contributed by atoms with Crippen molar-refractivity contribution in [1.82, 2.24) is 10.6 Å². The summed E-state index contributed by atoms with van der Waals surface area (Å²) in [6.45, 7) is 2.78. The van der Waals surface area contributed by atoms with Gasteiger partial charge >= 0.3 is 0 Å². The fraction of sp³-hybridized carbons (Fsp3) is 0.400. The van der Waals surface area contributed by atoms with E-state index < -0.39 is 12.2 Å². The van der Waals surface area contributed by atoms with Crippen LogP contribution >= 0.6 is 0 Å². The van der Waals surface area contributed by atoms with Crippen LogP contribution in [0.25, 0.3) is 0 Å². The summed E-state index contributed by atoms with van der Waals surface area (Å²) in [4.78, 5) is 0. The van der Waals surface area contributed by atoms with Gasteiger partial charge in [-0.3, -0.25) is 0 Å². The van der Waals surface area contributed by atoms with Crippen molar-refractivity contribution in [2.45, 2.75) is 12.2 Å². The van der Waals surface area contributed by atoms with Gasteiger partial charge in [0, 0.05) is 26.2 Å². The van der Waals surface area contributed by atoms with Crippen LogP contribution in [0.2, 0.25) is 0 Å². The average Bonchev–Trinajstić information content (AvgIpc) is 2.69. The third-order valence-corrected chi connectivity index (χ3v) is 3.61. The standard InChI is InChI=1S/C20H28N2O4/c23-17(15-25-19-7-3-1-4-8-19)13-21-11-12-22-14-18(24)16-26-20-9-5-2-6-10-20/h1-10,17-18,21-24H,11-16H2. The summed E-state index contributed by atoms with van der Waals surface area (Å²) >= 11 is 0. The lowest BCUT2D eigenvalue weighted by molar-refractivity contribution is 0.103. The maximum absolute atomic E-state index is 9.87. The Hall–Kier alpha value is -2.12. The molecule has 0 spiro atoms. The lowest BCUT2D eigenvalue weighted by Gasteiger charge is -2.15. The lowest BCUT2D eigenvalue weighted by atomic mass is 10.3. The molecule has 0 aliphatic carbocycles. The smallest absolute Gasteiger partial charge is 0.119 e. The van der Waals surface area contributed by atoms with E-state index >= 15 is 0 Å². The monoisotopic (exact) mass is 360 g/mol. The summed E-state index contributed by atoms with van der Waals surface area (Å²) in [5.74, 6) is 1.50. The van der Waals surface area contributed by atoms with Crippen molar-refractivity contribution in [3.8, 4) is 11.5 Å². The number of hydrogen-bond acceptors (Lipinski definition) is 6. The number of aliphatic hydroxyl groups is 2. The number of para-hydroxylation sites is 2. The summed E-state index contributed by atoms with van der Waals surface area (Å²) in [6.07, 6.45) is -1.14. The highest BCUT2D eigenvalue weighted by molar-refractivity contribution is 5.21. The first-order valence-electron chi connectivity index (χ1n) is 8.87. The summed E-state index contributed by atoms with van der Waals surface area (Å²) in [7, 11) is 0. The van der Waals surface area contributed by atoms with Crippen molar-refractivity contribution >= 4 is 0 Å². The second-order valence-corrected chi connectivity index (χ2v) is 5.96. The van der Waals surface area contributed by atoms with Crippen molar-refractivity contribution in [1.29, 1.82) is 0 Å². The first kappa shape index (κ1) is 20.2. The minimum absolute atomic E-state index is 0.250. The largest absolute Gasteiger partial charge is 0.491 e. The van der Waals surface area contributed by atoms with Crippen LogP contribution in [0, 0.1) is 0 Å². The maximum atomic E-state index is 9.87. The molecule has 6 nitrogen and oxygen atoms in total.